The fraction of sp³-hybridized carbons (Fsp3) is 0.217. The van der Waals surface area contributed by atoms with Gasteiger partial charge in [-0.1, -0.05) is 84.4 Å². The Morgan fingerprint density at radius 2 is 1.39 bits per heavy atom. The van der Waals surface area contributed by atoms with Gasteiger partial charge in [-0.3, -0.25) is 0 Å². The predicted octanol–water partition coefficient (Wildman–Crippen LogP) is 5.17. The summed E-state index contributed by atoms with van der Waals surface area (Å²) in [6.45, 7) is 1.93. The van der Waals surface area contributed by atoms with Gasteiger partial charge in [-0.2, -0.15) is 0 Å². The number of halogens is 1. The topological polar surface area (TPSA) is 46.2 Å². The lowest BCUT2D eigenvalue weighted by Crippen LogP contribution is -2.38. The fourth-order valence-corrected chi connectivity index (χ4v) is 4.93. The Balaban J connectivity index is 1.79. The first-order valence-corrected chi connectivity index (χ1v) is 11.3. The average molecular weight is 414 g/mol. The molecule has 3 rings (SSSR count). The second-order valence-corrected chi connectivity index (χ2v) is 9.19. The molecule has 0 fully saturated rings. The minimum atomic E-state index is -3.46. The van der Waals surface area contributed by atoms with E-state index in [2.05, 4.69) is 4.72 Å². The van der Waals surface area contributed by atoms with Crippen LogP contribution in [-0.4, -0.2) is 14.5 Å². The molecule has 3 aromatic rings. The first-order valence-electron chi connectivity index (χ1n) is 9.26. The summed E-state index contributed by atoms with van der Waals surface area (Å²) >= 11 is 6.00. The van der Waals surface area contributed by atoms with E-state index in [1.807, 2.05) is 91.9 Å². The van der Waals surface area contributed by atoms with Gasteiger partial charge in [-0.25, -0.2) is 13.1 Å². The van der Waals surface area contributed by atoms with E-state index in [1.54, 1.807) is 0 Å². The SMILES string of the molecule is CC(NS(=O)(=O)Cc1ccccc1)C(Cc1ccc(Cl)cc1)c1ccccc1. The smallest absolute Gasteiger partial charge is 0.212 e. The average Bonchev–Trinajstić information content (AvgIpc) is 2.68. The molecule has 0 amide bonds. The Labute approximate surface area is 172 Å². The summed E-state index contributed by atoms with van der Waals surface area (Å²) in [5, 5.41) is 0.691. The van der Waals surface area contributed by atoms with Crippen LogP contribution in [0.1, 0.15) is 29.5 Å². The number of nitrogens with one attached hydrogen (secondary N) is 1. The highest BCUT2D eigenvalue weighted by Crippen LogP contribution is 2.26. The van der Waals surface area contributed by atoms with Crippen LogP contribution >= 0.6 is 11.6 Å². The van der Waals surface area contributed by atoms with Crippen molar-refractivity contribution in [3.63, 3.8) is 0 Å². The highest BCUT2D eigenvalue weighted by atomic mass is 35.5. The van der Waals surface area contributed by atoms with Crippen LogP contribution in [0.4, 0.5) is 0 Å². The molecule has 0 bridgehead atoms. The van der Waals surface area contributed by atoms with Gasteiger partial charge < -0.3 is 0 Å². The lowest BCUT2D eigenvalue weighted by Gasteiger charge is -2.26. The molecule has 146 valence electrons. The van der Waals surface area contributed by atoms with Crippen LogP contribution in [0.15, 0.2) is 84.9 Å². The Hall–Kier alpha value is -2.14. The molecule has 0 spiro atoms. The van der Waals surface area contributed by atoms with Gasteiger partial charge in [0.2, 0.25) is 10.0 Å². The molecule has 0 saturated heterocycles. The zero-order valence-corrected chi connectivity index (χ0v) is 17.3. The second-order valence-electron chi connectivity index (χ2n) is 7.00. The summed E-state index contributed by atoms with van der Waals surface area (Å²) in [6.07, 6.45) is 0.718. The van der Waals surface area contributed by atoms with E-state index in [1.165, 1.54) is 0 Å². The summed E-state index contributed by atoms with van der Waals surface area (Å²) in [4.78, 5) is 0. The number of sulfonamides is 1. The maximum atomic E-state index is 12.7. The van der Waals surface area contributed by atoms with Crippen LogP contribution < -0.4 is 4.72 Å². The highest BCUT2D eigenvalue weighted by Gasteiger charge is 2.24. The van der Waals surface area contributed by atoms with E-state index in [4.69, 9.17) is 11.6 Å². The maximum absolute atomic E-state index is 12.7. The normalized spacial score (nSPS) is 13.8. The van der Waals surface area contributed by atoms with E-state index < -0.39 is 10.0 Å². The van der Waals surface area contributed by atoms with E-state index in [-0.39, 0.29) is 17.7 Å². The Bertz CT molecular complexity index is 974. The van der Waals surface area contributed by atoms with Gasteiger partial charge in [0.25, 0.3) is 0 Å². The summed E-state index contributed by atoms with van der Waals surface area (Å²) in [5.74, 6) is -0.0198. The molecule has 0 saturated carbocycles. The van der Waals surface area contributed by atoms with Crippen molar-refractivity contribution in [1.29, 1.82) is 0 Å². The van der Waals surface area contributed by atoms with Crippen LogP contribution in [0, 0.1) is 0 Å². The van der Waals surface area contributed by atoms with Crippen LogP contribution in [0.3, 0.4) is 0 Å². The van der Waals surface area contributed by atoms with Crippen LogP contribution in [0.25, 0.3) is 0 Å². The third-order valence-electron chi connectivity index (χ3n) is 4.77. The number of hydrogen-bond acceptors (Lipinski definition) is 2. The third kappa shape index (κ3) is 5.93. The zero-order valence-electron chi connectivity index (χ0n) is 15.8. The second kappa shape index (κ2) is 9.37. The van der Waals surface area contributed by atoms with Crippen molar-refractivity contribution in [2.75, 3.05) is 0 Å². The molecule has 3 nitrogen and oxygen atoms in total. The predicted molar refractivity (Wildman–Crippen MR) is 116 cm³/mol. The van der Waals surface area contributed by atoms with Gasteiger partial charge in [-0.15, -0.1) is 0 Å². The largest absolute Gasteiger partial charge is 0.216 e. The van der Waals surface area contributed by atoms with Crippen LogP contribution in [-0.2, 0) is 22.2 Å². The van der Waals surface area contributed by atoms with E-state index in [9.17, 15) is 8.42 Å². The van der Waals surface area contributed by atoms with Gasteiger partial charge in [0, 0.05) is 17.0 Å². The zero-order chi connectivity index (χ0) is 20.0. The number of hydrogen-bond donors (Lipinski definition) is 1. The van der Waals surface area contributed by atoms with Crippen molar-refractivity contribution in [3.05, 3.63) is 107 Å². The molecule has 5 heteroatoms. The van der Waals surface area contributed by atoms with Crippen molar-refractivity contribution >= 4 is 21.6 Å². The van der Waals surface area contributed by atoms with Gasteiger partial charge in [0.05, 0.1) is 5.75 Å². The molecule has 2 atom stereocenters. The lowest BCUT2D eigenvalue weighted by molar-refractivity contribution is 0.503. The molecule has 0 aromatic heterocycles. The molecule has 3 aromatic carbocycles. The van der Waals surface area contributed by atoms with Gasteiger partial charge >= 0.3 is 0 Å². The standard InChI is InChI=1S/C23H24ClNO2S/c1-18(25-28(26,27)17-20-8-4-2-5-9-20)23(21-10-6-3-7-11-21)16-19-12-14-22(24)15-13-19/h2-15,18,23,25H,16-17H2,1H3. The van der Waals surface area contributed by atoms with E-state index in [0.717, 1.165) is 23.1 Å². The quantitative estimate of drug-likeness (QED) is 0.553. The first-order chi connectivity index (χ1) is 13.4. The number of rotatable bonds is 8. The summed E-state index contributed by atoms with van der Waals surface area (Å²) in [5.41, 5.74) is 3.00. The summed E-state index contributed by atoms with van der Waals surface area (Å²) < 4.78 is 28.3. The molecule has 28 heavy (non-hydrogen) atoms. The minimum absolute atomic E-state index is 0.00734. The monoisotopic (exact) mass is 413 g/mol. The molecule has 2 unspecified atom stereocenters. The molecular formula is C23H24ClNO2S. The third-order valence-corrected chi connectivity index (χ3v) is 6.46. The summed E-state index contributed by atoms with van der Waals surface area (Å²) in [6, 6.07) is 26.7. The Morgan fingerprint density at radius 3 is 2.00 bits per heavy atom. The number of benzene rings is 3. The molecule has 0 aliphatic carbocycles. The van der Waals surface area contributed by atoms with Crippen LogP contribution in [0.5, 0.6) is 0 Å². The van der Waals surface area contributed by atoms with E-state index in [0.29, 0.717) is 5.02 Å². The van der Waals surface area contributed by atoms with Crippen LogP contribution in [0.2, 0.25) is 5.02 Å². The van der Waals surface area contributed by atoms with Crippen molar-refractivity contribution in [3.8, 4) is 0 Å². The van der Waals surface area contributed by atoms with Crippen molar-refractivity contribution < 1.29 is 8.42 Å². The van der Waals surface area contributed by atoms with Crippen molar-refractivity contribution in [2.24, 2.45) is 0 Å². The fourth-order valence-electron chi connectivity index (χ4n) is 3.36. The molecule has 0 radical (unpaired) electrons. The Kier molecular flexibility index (Phi) is 6.89. The first kappa shape index (κ1) is 20.6. The molecular weight excluding hydrogens is 390 g/mol. The molecule has 0 heterocycles. The highest BCUT2D eigenvalue weighted by molar-refractivity contribution is 7.88. The molecule has 1 N–H and O–H groups in total. The minimum Gasteiger partial charge on any atom is -0.212 e. The van der Waals surface area contributed by atoms with Gasteiger partial charge in [-0.05, 0) is 42.2 Å². The van der Waals surface area contributed by atoms with E-state index >= 15 is 0 Å². The van der Waals surface area contributed by atoms with Crippen molar-refractivity contribution in [1.82, 2.24) is 4.72 Å². The molecule has 0 aliphatic rings. The maximum Gasteiger partial charge on any atom is 0.216 e. The van der Waals surface area contributed by atoms with Crippen molar-refractivity contribution in [2.45, 2.75) is 31.1 Å². The van der Waals surface area contributed by atoms with Gasteiger partial charge in [0.15, 0.2) is 0 Å². The molecule has 0 aliphatic heterocycles. The Morgan fingerprint density at radius 1 is 0.821 bits per heavy atom. The lowest BCUT2D eigenvalue weighted by atomic mass is 9.87. The van der Waals surface area contributed by atoms with Gasteiger partial charge in [0.1, 0.15) is 0 Å². The summed E-state index contributed by atoms with van der Waals surface area (Å²) in [7, 11) is -3.46.